The zero-order chi connectivity index (χ0) is 22.3. The number of carbonyl (C=O) groups is 1. The first-order valence-electron chi connectivity index (χ1n) is 9.68. The molecular weight excluding hydrogens is 411 g/mol. The summed E-state index contributed by atoms with van der Waals surface area (Å²) in [6.45, 7) is 0. The molecule has 4 rings (SSSR count). The Bertz CT molecular complexity index is 1230. The number of nitrogens with zero attached hydrogens (tertiary/aromatic N) is 3. The van der Waals surface area contributed by atoms with E-state index in [1.807, 2.05) is 6.07 Å². The van der Waals surface area contributed by atoms with E-state index in [4.69, 9.17) is 4.74 Å². The van der Waals surface area contributed by atoms with Crippen LogP contribution in [0.25, 0.3) is 11.3 Å². The standard InChI is InChI=1S/C23H19FN6O2/c1-25-22-27-13-11-20(30-22)19-6-3-12-26-21(19)32-18-9-7-16(8-10-18)28-23(31)29-17-5-2-4-15(24)14-17/h2-14H,1H3,(H,25,27,30)(H2,28,29,31). The molecule has 0 saturated carbocycles. The fraction of sp³-hybridized carbons (Fsp3) is 0.0435. The minimum Gasteiger partial charge on any atom is -0.438 e. The molecule has 0 radical (unpaired) electrons. The van der Waals surface area contributed by atoms with Gasteiger partial charge >= 0.3 is 6.03 Å². The number of urea groups is 1. The Hall–Kier alpha value is -4.53. The Balaban J connectivity index is 1.45. The molecule has 2 heterocycles. The van der Waals surface area contributed by atoms with E-state index < -0.39 is 11.8 Å². The van der Waals surface area contributed by atoms with Gasteiger partial charge in [0.15, 0.2) is 0 Å². The summed E-state index contributed by atoms with van der Waals surface area (Å²) in [4.78, 5) is 25.0. The summed E-state index contributed by atoms with van der Waals surface area (Å²) in [6, 6.07) is 17.4. The van der Waals surface area contributed by atoms with Crippen LogP contribution in [0.2, 0.25) is 0 Å². The number of anilines is 3. The fourth-order valence-corrected chi connectivity index (χ4v) is 2.87. The van der Waals surface area contributed by atoms with Gasteiger partial charge < -0.3 is 20.7 Å². The van der Waals surface area contributed by atoms with Crippen molar-refractivity contribution in [1.29, 1.82) is 0 Å². The minimum absolute atomic E-state index is 0.358. The largest absolute Gasteiger partial charge is 0.438 e. The number of hydrogen-bond acceptors (Lipinski definition) is 6. The average molecular weight is 430 g/mol. The van der Waals surface area contributed by atoms with Crippen LogP contribution in [-0.2, 0) is 0 Å². The number of pyridine rings is 1. The second-order valence-electron chi connectivity index (χ2n) is 6.59. The fourth-order valence-electron chi connectivity index (χ4n) is 2.87. The minimum atomic E-state index is -0.486. The SMILES string of the molecule is CNc1nccc(-c2cccnc2Oc2ccc(NC(=O)Nc3cccc(F)c3)cc2)n1. The molecular formula is C23H19FN6O2. The molecule has 2 aromatic heterocycles. The van der Waals surface area contributed by atoms with Gasteiger partial charge in [-0.3, -0.25) is 0 Å². The predicted molar refractivity (Wildman–Crippen MR) is 120 cm³/mol. The molecule has 0 aliphatic carbocycles. The van der Waals surface area contributed by atoms with Crippen molar-refractivity contribution in [3.8, 4) is 22.9 Å². The van der Waals surface area contributed by atoms with E-state index in [2.05, 4.69) is 30.9 Å². The molecule has 2 amide bonds. The van der Waals surface area contributed by atoms with Crippen molar-refractivity contribution < 1.29 is 13.9 Å². The van der Waals surface area contributed by atoms with Gasteiger partial charge in [-0.15, -0.1) is 0 Å². The Morgan fingerprint density at radius 3 is 2.50 bits per heavy atom. The third-order valence-corrected chi connectivity index (χ3v) is 4.34. The first-order chi connectivity index (χ1) is 15.6. The van der Waals surface area contributed by atoms with Crippen molar-refractivity contribution in [2.45, 2.75) is 0 Å². The van der Waals surface area contributed by atoms with E-state index in [0.717, 1.165) is 0 Å². The molecule has 4 aromatic rings. The van der Waals surface area contributed by atoms with Crippen molar-refractivity contribution in [2.24, 2.45) is 0 Å². The monoisotopic (exact) mass is 430 g/mol. The number of aromatic nitrogens is 3. The smallest absolute Gasteiger partial charge is 0.323 e. The van der Waals surface area contributed by atoms with Crippen LogP contribution >= 0.6 is 0 Å². The topological polar surface area (TPSA) is 101 Å². The molecule has 0 spiro atoms. The van der Waals surface area contributed by atoms with Gasteiger partial charge in [0, 0.05) is 30.8 Å². The molecule has 8 nitrogen and oxygen atoms in total. The maximum atomic E-state index is 13.2. The predicted octanol–water partition coefficient (Wildman–Crippen LogP) is 5.16. The number of rotatable bonds is 6. The summed E-state index contributed by atoms with van der Waals surface area (Å²) in [5.74, 6) is 0.980. The number of amides is 2. The summed E-state index contributed by atoms with van der Waals surface area (Å²) in [5.41, 5.74) is 2.28. The number of halogens is 1. The van der Waals surface area contributed by atoms with Gasteiger partial charge in [-0.05, 0) is 60.7 Å². The van der Waals surface area contributed by atoms with Gasteiger partial charge in [0.25, 0.3) is 0 Å². The molecule has 9 heteroatoms. The van der Waals surface area contributed by atoms with E-state index in [-0.39, 0.29) is 0 Å². The molecule has 0 bridgehead atoms. The Labute approximate surface area is 183 Å². The van der Waals surface area contributed by atoms with Crippen molar-refractivity contribution in [1.82, 2.24) is 15.0 Å². The van der Waals surface area contributed by atoms with Gasteiger partial charge in [0.05, 0.1) is 11.3 Å². The highest BCUT2D eigenvalue weighted by Gasteiger charge is 2.11. The molecule has 0 atom stereocenters. The molecule has 2 aromatic carbocycles. The Morgan fingerprint density at radius 1 is 0.906 bits per heavy atom. The maximum absolute atomic E-state index is 13.2. The molecule has 3 N–H and O–H groups in total. The molecule has 0 fully saturated rings. The van der Waals surface area contributed by atoms with Gasteiger partial charge in [0.1, 0.15) is 11.6 Å². The average Bonchev–Trinajstić information content (AvgIpc) is 2.81. The molecule has 0 unspecified atom stereocenters. The second-order valence-corrected chi connectivity index (χ2v) is 6.59. The number of carbonyl (C=O) groups excluding carboxylic acids is 1. The summed E-state index contributed by atoms with van der Waals surface area (Å²) in [5, 5.41) is 8.16. The van der Waals surface area contributed by atoms with Crippen LogP contribution in [0.4, 0.5) is 26.5 Å². The van der Waals surface area contributed by atoms with Crippen LogP contribution in [0.3, 0.4) is 0 Å². The van der Waals surface area contributed by atoms with Crippen molar-refractivity contribution in [3.63, 3.8) is 0 Å². The third kappa shape index (κ3) is 5.14. The van der Waals surface area contributed by atoms with E-state index in [1.54, 1.807) is 61.9 Å². The quantitative estimate of drug-likeness (QED) is 0.391. The zero-order valence-corrected chi connectivity index (χ0v) is 17.0. The first kappa shape index (κ1) is 20.7. The van der Waals surface area contributed by atoms with Gasteiger partial charge in [-0.2, -0.15) is 0 Å². The molecule has 0 saturated heterocycles. The third-order valence-electron chi connectivity index (χ3n) is 4.34. The van der Waals surface area contributed by atoms with Crippen LogP contribution in [0, 0.1) is 5.82 Å². The van der Waals surface area contributed by atoms with Gasteiger partial charge in [0.2, 0.25) is 11.8 Å². The van der Waals surface area contributed by atoms with Crippen molar-refractivity contribution >= 4 is 23.4 Å². The Morgan fingerprint density at radius 2 is 1.72 bits per heavy atom. The number of hydrogen-bond donors (Lipinski definition) is 3. The van der Waals surface area contributed by atoms with E-state index in [1.165, 1.54) is 18.2 Å². The molecule has 32 heavy (non-hydrogen) atoms. The maximum Gasteiger partial charge on any atom is 0.323 e. The normalized spacial score (nSPS) is 10.3. The highest BCUT2D eigenvalue weighted by molar-refractivity contribution is 5.99. The van der Waals surface area contributed by atoms with Crippen LogP contribution in [-0.4, -0.2) is 28.0 Å². The lowest BCUT2D eigenvalue weighted by atomic mass is 10.2. The van der Waals surface area contributed by atoms with Crippen molar-refractivity contribution in [2.75, 3.05) is 23.0 Å². The first-order valence-corrected chi connectivity index (χ1v) is 9.68. The summed E-state index contributed by atoms with van der Waals surface area (Å²) >= 11 is 0. The van der Waals surface area contributed by atoms with Gasteiger partial charge in [-0.1, -0.05) is 6.07 Å². The Kier molecular flexibility index (Phi) is 6.17. The highest BCUT2D eigenvalue weighted by atomic mass is 19.1. The van der Waals surface area contributed by atoms with E-state index >= 15 is 0 Å². The molecule has 0 aliphatic heterocycles. The van der Waals surface area contributed by atoms with Crippen LogP contribution in [0.1, 0.15) is 0 Å². The second kappa shape index (κ2) is 9.52. The molecule has 0 aliphatic rings. The molecule has 160 valence electrons. The lowest BCUT2D eigenvalue weighted by Crippen LogP contribution is -2.19. The summed E-state index contributed by atoms with van der Waals surface area (Å²) in [7, 11) is 1.74. The lowest BCUT2D eigenvalue weighted by Gasteiger charge is -2.11. The van der Waals surface area contributed by atoms with Crippen molar-refractivity contribution in [3.05, 3.63) is 84.9 Å². The van der Waals surface area contributed by atoms with Crippen LogP contribution in [0.5, 0.6) is 11.6 Å². The number of benzene rings is 2. The van der Waals surface area contributed by atoms with Crippen LogP contribution in [0.15, 0.2) is 79.1 Å². The van der Waals surface area contributed by atoms with E-state index in [9.17, 15) is 9.18 Å². The lowest BCUT2D eigenvalue weighted by molar-refractivity contribution is 0.262. The summed E-state index contributed by atoms with van der Waals surface area (Å²) in [6.07, 6.45) is 3.28. The van der Waals surface area contributed by atoms with Crippen LogP contribution < -0.4 is 20.7 Å². The zero-order valence-electron chi connectivity index (χ0n) is 17.0. The summed E-state index contributed by atoms with van der Waals surface area (Å²) < 4.78 is 19.2. The number of ether oxygens (including phenoxy) is 1. The number of nitrogens with one attached hydrogen (secondary N) is 3. The van der Waals surface area contributed by atoms with Gasteiger partial charge in [-0.25, -0.2) is 24.1 Å². The van der Waals surface area contributed by atoms with E-state index in [0.29, 0.717) is 40.2 Å². The highest BCUT2D eigenvalue weighted by Crippen LogP contribution is 2.30.